The number of amides is 2. The van der Waals surface area contributed by atoms with Crippen LogP contribution in [0.15, 0.2) is 83.8 Å². The van der Waals surface area contributed by atoms with Crippen LogP contribution >= 0.6 is 0 Å². The summed E-state index contributed by atoms with van der Waals surface area (Å²) in [4.78, 5) is 25.2. The first-order valence-corrected chi connectivity index (χ1v) is 12.0. The molecule has 33 heavy (non-hydrogen) atoms. The summed E-state index contributed by atoms with van der Waals surface area (Å²) in [5.74, 6) is -0.585. The number of anilines is 2. The maximum Gasteiger partial charge on any atom is 0.261 e. The summed E-state index contributed by atoms with van der Waals surface area (Å²) in [5, 5.41) is 5.72. The molecule has 0 aliphatic rings. The number of carbonyl (C=O) groups is 2. The van der Waals surface area contributed by atoms with Gasteiger partial charge < -0.3 is 10.6 Å². The zero-order chi connectivity index (χ0) is 24.1. The van der Waals surface area contributed by atoms with Gasteiger partial charge in [-0.05, 0) is 74.9 Å². The second kappa shape index (κ2) is 9.87. The number of hydrogen-bond donors (Lipinski definition) is 3. The number of hydrogen-bond acceptors (Lipinski definition) is 4. The molecular weight excluding hydrogens is 438 g/mol. The number of carbonyl (C=O) groups excluding carboxylic acids is 2. The van der Waals surface area contributed by atoms with Crippen molar-refractivity contribution < 1.29 is 18.0 Å². The minimum atomic E-state index is -3.76. The van der Waals surface area contributed by atoms with Gasteiger partial charge in [0.15, 0.2) is 0 Å². The van der Waals surface area contributed by atoms with Crippen molar-refractivity contribution >= 4 is 33.2 Å². The Labute approximate surface area is 194 Å². The highest BCUT2D eigenvalue weighted by molar-refractivity contribution is 7.92. The van der Waals surface area contributed by atoms with Crippen molar-refractivity contribution in [1.29, 1.82) is 0 Å². The van der Waals surface area contributed by atoms with Crippen molar-refractivity contribution in [3.8, 4) is 0 Å². The minimum absolute atomic E-state index is 0.131. The van der Waals surface area contributed by atoms with Gasteiger partial charge in [0.05, 0.1) is 4.90 Å². The lowest BCUT2D eigenvalue weighted by atomic mass is 10.0. The molecule has 0 saturated carbocycles. The quantitative estimate of drug-likeness (QED) is 0.450. The van der Waals surface area contributed by atoms with E-state index in [1.807, 2.05) is 20.8 Å². The van der Waals surface area contributed by atoms with Crippen LogP contribution in [0.3, 0.4) is 0 Å². The third kappa shape index (κ3) is 6.43. The molecule has 0 heterocycles. The molecule has 3 aromatic rings. The molecule has 8 heteroatoms. The zero-order valence-electron chi connectivity index (χ0n) is 18.8. The number of sulfonamides is 1. The fourth-order valence-corrected chi connectivity index (χ4v) is 3.98. The fraction of sp³-hybridized carbons (Fsp3) is 0.200. The van der Waals surface area contributed by atoms with Gasteiger partial charge in [-0.2, -0.15) is 0 Å². The Morgan fingerprint density at radius 1 is 0.788 bits per heavy atom. The molecule has 172 valence electrons. The SMILES string of the molecule is CCC(C)(C)NC(=O)c1ccc(NC(=O)c2cccc(NS(=O)(=O)c3ccccc3)c2)cc1. The third-order valence-corrected chi connectivity index (χ3v) is 6.57. The molecule has 0 aromatic heterocycles. The van der Waals surface area contributed by atoms with Crippen molar-refractivity contribution in [2.45, 2.75) is 37.6 Å². The highest BCUT2D eigenvalue weighted by Gasteiger charge is 2.19. The molecule has 0 saturated heterocycles. The monoisotopic (exact) mass is 465 g/mol. The maximum atomic E-state index is 12.7. The van der Waals surface area contributed by atoms with Crippen molar-refractivity contribution in [2.24, 2.45) is 0 Å². The average molecular weight is 466 g/mol. The highest BCUT2D eigenvalue weighted by Crippen LogP contribution is 2.19. The van der Waals surface area contributed by atoms with Crippen LogP contribution in [0.5, 0.6) is 0 Å². The molecule has 0 spiro atoms. The van der Waals surface area contributed by atoms with E-state index >= 15 is 0 Å². The third-order valence-electron chi connectivity index (χ3n) is 5.17. The van der Waals surface area contributed by atoms with Crippen molar-refractivity contribution in [3.63, 3.8) is 0 Å². The number of rotatable bonds is 8. The summed E-state index contributed by atoms with van der Waals surface area (Å²) in [6, 6.07) is 20.8. The predicted molar refractivity (Wildman–Crippen MR) is 130 cm³/mol. The molecule has 0 unspecified atom stereocenters. The standard InChI is InChI=1S/C25H27N3O4S/c1-4-25(2,3)27-24(30)18-13-15-20(16-14-18)26-23(29)19-9-8-10-21(17-19)28-33(31,32)22-11-6-5-7-12-22/h5-17,28H,4H2,1-3H3,(H,26,29)(H,27,30). The molecule has 0 radical (unpaired) electrons. The summed E-state index contributed by atoms with van der Waals surface area (Å²) in [5.41, 5.74) is 1.26. The second-order valence-corrected chi connectivity index (χ2v) is 9.90. The molecule has 0 fully saturated rings. The summed E-state index contributed by atoms with van der Waals surface area (Å²) >= 11 is 0. The largest absolute Gasteiger partial charge is 0.347 e. The normalized spacial score (nSPS) is 11.5. The Hall–Kier alpha value is -3.65. The van der Waals surface area contributed by atoms with E-state index in [0.717, 1.165) is 6.42 Å². The smallest absolute Gasteiger partial charge is 0.261 e. The van der Waals surface area contributed by atoms with Crippen molar-refractivity contribution in [1.82, 2.24) is 5.32 Å². The van der Waals surface area contributed by atoms with E-state index in [1.54, 1.807) is 60.7 Å². The number of benzene rings is 3. The van der Waals surface area contributed by atoms with Gasteiger partial charge >= 0.3 is 0 Å². The Morgan fingerprint density at radius 3 is 2.09 bits per heavy atom. The van der Waals surface area contributed by atoms with Gasteiger partial charge in [-0.15, -0.1) is 0 Å². The second-order valence-electron chi connectivity index (χ2n) is 8.22. The Bertz CT molecular complexity index is 1240. The number of nitrogens with one attached hydrogen (secondary N) is 3. The fourth-order valence-electron chi connectivity index (χ4n) is 2.91. The van der Waals surface area contributed by atoms with E-state index in [2.05, 4.69) is 15.4 Å². The summed E-state index contributed by atoms with van der Waals surface area (Å²) in [7, 11) is -3.76. The van der Waals surface area contributed by atoms with Gasteiger partial charge in [0.25, 0.3) is 21.8 Å². The molecule has 0 aliphatic heterocycles. The van der Waals surface area contributed by atoms with Gasteiger partial charge in [0.2, 0.25) is 0 Å². The van der Waals surface area contributed by atoms with Crippen LogP contribution in [-0.4, -0.2) is 25.8 Å². The van der Waals surface area contributed by atoms with Gasteiger partial charge in [0, 0.05) is 28.0 Å². The molecule has 7 nitrogen and oxygen atoms in total. The van der Waals surface area contributed by atoms with Crippen LogP contribution in [0.2, 0.25) is 0 Å². The Morgan fingerprint density at radius 2 is 1.45 bits per heavy atom. The van der Waals surface area contributed by atoms with Crippen LogP contribution in [-0.2, 0) is 10.0 Å². The molecule has 2 amide bonds. The van der Waals surface area contributed by atoms with Crippen molar-refractivity contribution in [2.75, 3.05) is 10.0 Å². The minimum Gasteiger partial charge on any atom is -0.347 e. The molecule has 0 atom stereocenters. The van der Waals surface area contributed by atoms with Gasteiger partial charge in [-0.1, -0.05) is 31.2 Å². The van der Waals surface area contributed by atoms with E-state index in [1.165, 1.54) is 18.2 Å². The van der Waals surface area contributed by atoms with Crippen LogP contribution in [0, 0.1) is 0 Å². The lowest BCUT2D eigenvalue weighted by molar-refractivity contribution is 0.0911. The molecule has 3 N–H and O–H groups in total. The van der Waals surface area contributed by atoms with E-state index < -0.39 is 15.9 Å². The van der Waals surface area contributed by atoms with Gasteiger partial charge in [0.1, 0.15) is 0 Å². The lowest BCUT2D eigenvalue weighted by Crippen LogP contribution is -2.42. The van der Waals surface area contributed by atoms with Crippen LogP contribution in [0.1, 0.15) is 47.9 Å². The Balaban J connectivity index is 1.68. The van der Waals surface area contributed by atoms with Gasteiger partial charge in [-0.3, -0.25) is 14.3 Å². The first-order chi connectivity index (χ1) is 15.6. The topological polar surface area (TPSA) is 104 Å². The first kappa shape index (κ1) is 24.0. The average Bonchev–Trinajstić information content (AvgIpc) is 2.79. The van der Waals surface area contributed by atoms with Crippen LogP contribution < -0.4 is 15.4 Å². The molecule has 3 rings (SSSR count). The molecule has 3 aromatic carbocycles. The van der Waals surface area contributed by atoms with E-state index in [9.17, 15) is 18.0 Å². The first-order valence-electron chi connectivity index (χ1n) is 10.5. The van der Waals surface area contributed by atoms with Crippen LogP contribution in [0.25, 0.3) is 0 Å². The van der Waals surface area contributed by atoms with E-state index in [4.69, 9.17) is 0 Å². The van der Waals surface area contributed by atoms with E-state index in [-0.39, 0.29) is 27.6 Å². The molecule has 0 aliphatic carbocycles. The predicted octanol–water partition coefficient (Wildman–Crippen LogP) is 4.66. The summed E-state index contributed by atoms with van der Waals surface area (Å²) in [6.07, 6.45) is 0.799. The molecule has 0 bridgehead atoms. The molecular formula is C25H27N3O4S. The Kier molecular flexibility index (Phi) is 7.18. The maximum absolute atomic E-state index is 12.7. The lowest BCUT2D eigenvalue weighted by Gasteiger charge is -2.24. The summed E-state index contributed by atoms with van der Waals surface area (Å²) in [6.45, 7) is 5.90. The zero-order valence-corrected chi connectivity index (χ0v) is 19.6. The van der Waals surface area contributed by atoms with E-state index in [0.29, 0.717) is 11.3 Å². The van der Waals surface area contributed by atoms with Gasteiger partial charge in [-0.25, -0.2) is 8.42 Å². The van der Waals surface area contributed by atoms with Crippen LogP contribution in [0.4, 0.5) is 11.4 Å². The summed E-state index contributed by atoms with van der Waals surface area (Å²) < 4.78 is 27.5. The highest BCUT2D eigenvalue weighted by atomic mass is 32.2. The van der Waals surface area contributed by atoms with Crippen molar-refractivity contribution in [3.05, 3.63) is 90.0 Å².